The lowest BCUT2D eigenvalue weighted by atomic mass is 9.61. The Bertz CT molecular complexity index is 449. The molecule has 0 bridgehead atoms. The first-order chi connectivity index (χ1) is 9.37. The largest absolute Gasteiger partial charge is 0.496 e. The van der Waals surface area contributed by atoms with E-state index in [4.69, 9.17) is 10.5 Å². The molecule has 2 unspecified atom stereocenters. The van der Waals surface area contributed by atoms with Gasteiger partial charge in [-0.2, -0.15) is 0 Å². The highest BCUT2D eigenvalue weighted by molar-refractivity contribution is 5.35. The van der Waals surface area contributed by atoms with Crippen molar-refractivity contribution in [2.45, 2.75) is 58.4 Å². The molecule has 1 fully saturated rings. The maximum absolute atomic E-state index is 6.89. The minimum atomic E-state index is -0.106. The Morgan fingerprint density at radius 3 is 2.60 bits per heavy atom. The van der Waals surface area contributed by atoms with Crippen molar-refractivity contribution in [1.29, 1.82) is 0 Å². The quantitative estimate of drug-likeness (QED) is 0.898. The van der Waals surface area contributed by atoms with Gasteiger partial charge in [0.05, 0.1) is 7.11 Å². The standard InChI is InChI=1S/C18H29NO/c1-17(2,3)16-11-7-8-12-18(16,19)13-14-9-5-6-10-15(14)20-4/h5-6,9-10,16H,7-8,11-13,19H2,1-4H3. The molecule has 2 atom stereocenters. The average molecular weight is 275 g/mol. The van der Waals surface area contributed by atoms with Crippen LogP contribution in [0.4, 0.5) is 0 Å². The molecule has 1 aliphatic carbocycles. The molecule has 2 nitrogen and oxygen atoms in total. The van der Waals surface area contributed by atoms with E-state index in [1.807, 2.05) is 12.1 Å². The van der Waals surface area contributed by atoms with E-state index < -0.39 is 0 Å². The van der Waals surface area contributed by atoms with Crippen LogP contribution >= 0.6 is 0 Å². The van der Waals surface area contributed by atoms with Crippen molar-refractivity contribution in [3.63, 3.8) is 0 Å². The van der Waals surface area contributed by atoms with Crippen molar-refractivity contribution in [2.75, 3.05) is 7.11 Å². The van der Waals surface area contributed by atoms with E-state index in [0.717, 1.165) is 18.6 Å². The number of methoxy groups -OCH3 is 1. The topological polar surface area (TPSA) is 35.2 Å². The van der Waals surface area contributed by atoms with Crippen LogP contribution in [-0.4, -0.2) is 12.6 Å². The summed E-state index contributed by atoms with van der Waals surface area (Å²) in [6.07, 6.45) is 5.84. The smallest absolute Gasteiger partial charge is 0.122 e. The van der Waals surface area contributed by atoms with Gasteiger partial charge in [0.25, 0.3) is 0 Å². The molecule has 0 heterocycles. The molecule has 112 valence electrons. The van der Waals surface area contributed by atoms with Gasteiger partial charge in [-0.15, -0.1) is 0 Å². The Hall–Kier alpha value is -1.02. The molecule has 2 heteroatoms. The van der Waals surface area contributed by atoms with Crippen LogP contribution in [-0.2, 0) is 6.42 Å². The molecule has 2 N–H and O–H groups in total. The molecule has 0 saturated heterocycles. The Kier molecular flexibility index (Phi) is 4.43. The first kappa shape index (κ1) is 15.4. The molecule has 1 aromatic rings. The summed E-state index contributed by atoms with van der Waals surface area (Å²) in [4.78, 5) is 0. The third-order valence-corrected chi connectivity index (χ3v) is 4.84. The lowest BCUT2D eigenvalue weighted by Crippen LogP contribution is -2.55. The van der Waals surface area contributed by atoms with E-state index in [2.05, 4.69) is 32.9 Å². The van der Waals surface area contributed by atoms with Crippen LogP contribution in [0.1, 0.15) is 52.0 Å². The highest BCUT2D eigenvalue weighted by atomic mass is 16.5. The molecule has 1 aromatic carbocycles. The molecule has 20 heavy (non-hydrogen) atoms. The van der Waals surface area contributed by atoms with Gasteiger partial charge in [-0.3, -0.25) is 0 Å². The van der Waals surface area contributed by atoms with Crippen LogP contribution in [0.5, 0.6) is 5.75 Å². The molecule has 0 aliphatic heterocycles. The highest BCUT2D eigenvalue weighted by Gasteiger charge is 2.43. The van der Waals surface area contributed by atoms with Crippen molar-refractivity contribution >= 4 is 0 Å². The highest BCUT2D eigenvalue weighted by Crippen LogP contribution is 2.45. The summed E-state index contributed by atoms with van der Waals surface area (Å²) in [5.41, 5.74) is 8.29. The van der Waals surface area contributed by atoms with Gasteiger partial charge in [-0.25, -0.2) is 0 Å². The molecular weight excluding hydrogens is 246 g/mol. The molecule has 1 aliphatic rings. The van der Waals surface area contributed by atoms with Crippen molar-refractivity contribution < 1.29 is 4.74 Å². The number of hydrogen-bond donors (Lipinski definition) is 1. The Morgan fingerprint density at radius 1 is 1.25 bits per heavy atom. The van der Waals surface area contributed by atoms with E-state index in [0.29, 0.717) is 5.92 Å². The van der Waals surface area contributed by atoms with Crippen LogP contribution < -0.4 is 10.5 Å². The average Bonchev–Trinajstić information content (AvgIpc) is 2.38. The molecule has 0 aromatic heterocycles. The first-order valence-electron chi connectivity index (χ1n) is 7.77. The van der Waals surface area contributed by atoms with Crippen molar-refractivity contribution in [2.24, 2.45) is 17.1 Å². The van der Waals surface area contributed by atoms with Gasteiger partial charge in [0.2, 0.25) is 0 Å². The van der Waals surface area contributed by atoms with E-state index >= 15 is 0 Å². The van der Waals surface area contributed by atoms with E-state index in [-0.39, 0.29) is 11.0 Å². The summed E-state index contributed by atoms with van der Waals surface area (Å²) >= 11 is 0. The number of hydrogen-bond acceptors (Lipinski definition) is 2. The fourth-order valence-electron chi connectivity index (χ4n) is 3.97. The number of ether oxygens (including phenoxy) is 1. The predicted octanol–water partition coefficient (Wildman–Crippen LogP) is 4.17. The molecule has 0 amide bonds. The summed E-state index contributed by atoms with van der Waals surface area (Å²) in [6.45, 7) is 6.98. The maximum atomic E-state index is 6.89. The number of para-hydroxylation sites is 1. The van der Waals surface area contributed by atoms with Gasteiger partial charge in [0, 0.05) is 5.54 Å². The van der Waals surface area contributed by atoms with Gasteiger partial charge in [-0.05, 0) is 42.2 Å². The summed E-state index contributed by atoms with van der Waals surface area (Å²) in [5.74, 6) is 1.53. The van der Waals surface area contributed by atoms with Crippen LogP contribution in [0.3, 0.4) is 0 Å². The lowest BCUT2D eigenvalue weighted by molar-refractivity contribution is 0.0788. The molecule has 0 spiro atoms. The Labute approximate surface area is 123 Å². The molecule has 2 rings (SSSR count). The summed E-state index contributed by atoms with van der Waals surface area (Å²) < 4.78 is 5.50. The van der Waals surface area contributed by atoms with Gasteiger partial charge in [0.1, 0.15) is 5.75 Å². The summed E-state index contributed by atoms with van der Waals surface area (Å²) in [7, 11) is 1.74. The molecule has 1 saturated carbocycles. The lowest BCUT2D eigenvalue weighted by Gasteiger charge is -2.48. The van der Waals surface area contributed by atoms with Crippen molar-refractivity contribution in [3.05, 3.63) is 29.8 Å². The predicted molar refractivity (Wildman–Crippen MR) is 85.0 cm³/mol. The third kappa shape index (κ3) is 3.17. The van der Waals surface area contributed by atoms with Crippen molar-refractivity contribution in [3.8, 4) is 5.75 Å². The minimum absolute atomic E-state index is 0.106. The zero-order valence-corrected chi connectivity index (χ0v) is 13.4. The fraction of sp³-hybridized carbons (Fsp3) is 0.667. The van der Waals surface area contributed by atoms with Gasteiger partial charge >= 0.3 is 0 Å². The second kappa shape index (κ2) is 5.77. The summed E-state index contributed by atoms with van der Waals surface area (Å²) in [6, 6.07) is 8.29. The van der Waals surface area contributed by atoms with E-state index in [9.17, 15) is 0 Å². The zero-order valence-electron chi connectivity index (χ0n) is 13.4. The third-order valence-electron chi connectivity index (χ3n) is 4.84. The normalized spacial score (nSPS) is 27.4. The van der Waals surface area contributed by atoms with Crippen LogP contribution in [0.15, 0.2) is 24.3 Å². The SMILES string of the molecule is COc1ccccc1CC1(N)CCCCC1C(C)(C)C. The summed E-state index contributed by atoms with van der Waals surface area (Å²) in [5, 5.41) is 0. The zero-order chi connectivity index (χ0) is 14.8. The van der Waals surface area contributed by atoms with Crippen molar-refractivity contribution in [1.82, 2.24) is 0 Å². The van der Waals surface area contributed by atoms with E-state index in [1.54, 1.807) is 7.11 Å². The second-order valence-corrected chi connectivity index (χ2v) is 7.39. The fourth-order valence-corrected chi connectivity index (χ4v) is 3.97. The maximum Gasteiger partial charge on any atom is 0.122 e. The van der Waals surface area contributed by atoms with E-state index in [1.165, 1.54) is 24.8 Å². The minimum Gasteiger partial charge on any atom is -0.496 e. The van der Waals surface area contributed by atoms with Crippen LogP contribution in [0.25, 0.3) is 0 Å². The number of benzene rings is 1. The Morgan fingerprint density at radius 2 is 1.95 bits per heavy atom. The number of rotatable bonds is 3. The number of nitrogens with two attached hydrogens (primary N) is 1. The first-order valence-corrected chi connectivity index (χ1v) is 7.77. The van der Waals surface area contributed by atoms with Gasteiger partial charge in [-0.1, -0.05) is 51.8 Å². The monoisotopic (exact) mass is 275 g/mol. The molecule has 0 radical (unpaired) electrons. The second-order valence-electron chi connectivity index (χ2n) is 7.39. The molecular formula is C18H29NO. The van der Waals surface area contributed by atoms with Gasteiger partial charge < -0.3 is 10.5 Å². The van der Waals surface area contributed by atoms with Gasteiger partial charge in [0.15, 0.2) is 0 Å². The van der Waals surface area contributed by atoms with Crippen LogP contribution in [0.2, 0.25) is 0 Å². The van der Waals surface area contributed by atoms with Crippen LogP contribution in [0, 0.1) is 11.3 Å². The Balaban J connectivity index is 2.28.